The highest BCUT2D eigenvalue weighted by molar-refractivity contribution is 5.39. The maximum atomic E-state index is 13.0. The molecule has 2 aromatic heterocycles. The summed E-state index contributed by atoms with van der Waals surface area (Å²) in [6.07, 6.45) is -14.5. The number of hydrogen-bond acceptors (Lipinski definition) is 6. The zero-order chi connectivity index (χ0) is 23.6. The van der Waals surface area contributed by atoms with Gasteiger partial charge in [-0.05, 0) is 18.9 Å². The molecule has 0 radical (unpaired) electrons. The molecule has 2 rings (SSSR count). The van der Waals surface area contributed by atoms with Gasteiger partial charge in [0, 0.05) is 6.20 Å². The van der Waals surface area contributed by atoms with Crippen molar-refractivity contribution in [3.8, 4) is 5.95 Å². The highest BCUT2D eigenvalue weighted by Crippen LogP contribution is 2.29. The Hall–Kier alpha value is -2.81. The number of hydrogen-bond donors (Lipinski definition) is 2. The first-order chi connectivity index (χ1) is 14.1. The van der Waals surface area contributed by atoms with Crippen molar-refractivity contribution in [2.45, 2.75) is 57.3 Å². The summed E-state index contributed by atoms with van der Waals surface area (Å²) in [4.78, 5) is 10.7. The van der Waals surface area contributed by atoms with E-state index in [0.717, 1.165) is 6.20 Å². The Labute approximate surface area is 169 Å². The van der Waals surface area contributed by atoms with E-state index in [-0.39, 0.29) is 0 Å². The molecule has 0 bridgehead atoms. The molecule has 174 valence electrons. The average molecular weight is 465 g/mol. The first-order valence-corrected chi connectivity index (χ1v) is 8.71. The second-order valence-electron chi connectivity index (χ2n) is 6.22. The molecule has 0 saturated carbocycles. The molecule has 0 spiro atoms. The van der Waals surface area contributed by atoms with Gasteiger partial charge in [0.2, 0.25) is 11.9 Å². The van der Waals surface area contributed by atoms with Crippen LogP contribution in [-0.4, -0.2) is 49.2 Å². The van der Waals surface area contributed by atoms with Gasteiger partial charge < -0.3 is 10.6 Å². The van der Waals surface area contributed by atoms with Gasteiger partial charge in [0.25, 0.3) is 5.95 Å². The van der Waals surface area contributed by atoms with E-state index >= 15 is 0 Å². The molecule has 2 aromatic rings. The Kier molecular flexibility index (Phi) is 6.90. The van der Waals surface area contributed by atoms with E-state index < -0.39 is 67.0 Å². The molecule has 0 aliphatic rings. The normalized spacial score (nSPS) is 14.9. The molecule has 0 aliphatic carbocycles. The predicted octanol–water partition coefficient (Wildman–Crippen LogP) is 4.58. The van der Waals surface area contributed by atoms with Crippen LogP contribution < -0.4 is 10.6 Å². The van der Waals surface area contributed by atoms with E-state index in [9.17, 15) is 39.5 Å². The van der Waals surface area contributed by atoms with Crippen LogP contribution in [0.5, 0.6) is 0 Å². The maximum Gasteiger partial charge on any atom is 0.435 e. The quantitative estimate of drug-likeness (QED) is 0.583. The molecule has 31 heavy (non-hydrogen) atoms. The molecule has 0 aromatic carbocycles. The van der Waals surface area contributed by atoms with Crippen LogP contribution in [0.3, 0.4) is 0 Å². The van der Waals surface area contributed by atoms with Crippen molar-refractivity contribution in [3.63, 3.8) is 0 Å². The first kappa shape index (κ1) is 24.5. The van der Waals surface area contributed by atoms with E-state index in [1.54, 1.807) is 0 Å². The molecule has 1 unspecified atom stereocenters. The van der Waals surface area contributed by atoms with Gasteiger partial charge in [-0.1, -0.05) is 13.8 Å². The van der Waals surface area contributed by atoms with Crippen molar-refractivity contribution < 1.29 is 39.5 Å². The lowest BCUT2D eigenvalue weighted by Crippen LogP contribution is -2.37. The summed E-state index contributed by atoms with van der Waals surface area (Å²) in [5, 5.41) is 7.00. The lowest BCUT2D eigenvalue weighted by molar-refractivity contribution is -0.143. The van der Waals surface area contributed by atoms with Gasteiger partial charge in [-0.25, -0.2) is 4.68 Å². The minimum atomic E-state index is -4.84. The highest BCUT2D eigenvalue weighted by Gasteiger charge is 2.40. The number of aromatic nitrogens is 5. The second-order valence-corrected chi connectivity index (χ2v) is 6.22. The van der Waals surface area contributed by atoms with Crippen molar-refractivity contribution in [1.82, 2.24) is 24.7 Å². The lowest BCUT2D eigenvalue weighted by Gasteiger charge is -2.22. The predicted molar refractivity (Wildman–Crippen MR) is 89.5 cm³/mol. The molecule has 0 amide bonds. The van der Waals surface area contributed by atoms with Crippen LogP contribution in [0.25, 0.3) is 5.95 Å². The smallest absolute Gasteiger partial charge is 0.342 e. The van der Waals surface area contributed by atoms with Crippen LogP contribution in [0.1, 0.15) is 32.4 Å². The third kappa shape index (κ3) is 6.33. The molecule has 0 saturated heterocycles. The van der Waals surface area contributed by atoms with Crippen LogP contribution in [-0.2, 0) is 6.18 Å². The first-order valence-electron chi connectivity index (χ1n) is 8.71. The van der Waals surface area contributed by atoms with Crippen molar-refractivity contribution in [2.75, 3.05) is 10.6 Å². The molecular weight excluding hydrogens is 449 g/mol. The highest BCUT2D eigenvalue weighted by atomic mass is 19.4. The van der Waals surface area contributed by atoms with E-state index in [1.165, 1.54) is 13.8 Å². The van der Waals surface area contributed by atoms with Gasteiger partial charge >= 0.3 is 18.5 Å². The number of halogens is 9. The Morgan fingerprint density at radius 1 is 0.806 bits per heavy atom. The average Bonchev–Trinajstić information content (AvgIpc) is 3.12. The van der Waals surface area contributed by atoms with E-state index in [1.807, 2.05) is 10.6 Å². The van der Waals surface area contributed by atoms with Crippen molar-refractivity contribution in [1.29, 1.82) is 0 Å². The minimum Gasteiger partial charge on any atom is -0.342 e. The van der Waals surface area contributed by atoms with Gasteiger partial charge in [-0.3, -0.25) is 0 Å². The van der Waals surface area contributed by atoms with Gasteiger partial charge in [0.1, 0.15) is 12.1 Å². The summed E-state index contributed by atoms with van der Waals surface area (Å²) < 4.78 is 117. The van der Waals surface area contributed by atoms with E-state index in [2.05, 4.69) is 20.1 Å². The Balaban J connectivity index is 2.50. The molecule has 2 atom stereocenters. The van der Waals surface area contributed by atoms with E-state index in [0.29, 0.717) is 10.7 Å². The molecule has 0 fully saturated rings. The molecule has 0 aliphatic heterocycles. The summed E-state index contributed by atoms with van der Waals surface area (Å²) in [6, 6.07) is -3.79. The summed E-state index contributed by atoms with van der Waals surface area (Å²) in [5.74, 6) is -2.31. The zero-order valence-corrected chi connectivity index (χ0v) is 15.9. The summed E-state index contributed by atoms with van der Waals surface area (Å²) in [7, 11) is 0. The number of nitrogens with one attached hydrogen (secondary N) is 2. The third-order valence-electron chi connectivity index (χ3n) is 3.92. The monoisotopic (exact) mass is 465 g/mol. The standard InChI is InChI=1S/C15H16F9N7/c1-3-7(13(16,17)18)25-10-27-11(26-8(4-2)14(19,20)21)29-12(28-10)31-6-5-9(30-31)15(22,23)24/h5-8H,3-4H2,1-2H3,(H2,25,26,27,28,29)/t7-,8?/m0/s1. The maximum absolute atomic E-state index is 13.0. The third-order valence-corrected chi connectivity index (χ3v) is 3.92. The summed E-state index contributed by atoms with van der Waals surface area (Å²) in [5.41, 5.74) is -1.36. The zero-order valence-electron chi connectivity index (χ0n) is 15.9. The number of rotatable bonds is 7. The van der Waals surface area contributed by atoms with Crippen LogP contribution in [0.4, 0.5) is 51.4 Å². The summed E-state index contributed by atoms with van der Waals surface area (Å²) in [6.45, 7) is 2.37. The Bertz CT molecular complexity index is 831. The number of alkyl halides is 9. The second kappa shape index (κ2) is 8.74. The van der Waals surface area contributed by atoms with Crippen LogP contribution in [0.15, 0.2) is 12.3 Å². The minimum absolute atomic E-state index is 0.462. The van der Waals surface area contributed by atoms with Crippen molar-refractivity contribution in [2.24, 2.45) is 0 Å². The fourth-order valence-corrected chi connectivity index (χ4v) is 2.33. The van der Waals surface area contributed by atoms with Crippen LogP contribution >= 0.6 is 0 Å². The Morgan fingerprint density at radius 3 is 1.58 bits per heavy atom. The van der Waals surface area contributed by atoms with Crippen LogP contribution in [0.2, 0.25) is 0 Å². The molecule has 7 nitrogen and oxygen atoms in total. The molecule has 16 heteroatoms. The number of anilines is 2. The van der Waals surface area contributed by atoms with Crippen LogP contribution in [0, 0.1) is 0 Å². The fourth-order valence-electron chi connectivity index (χ4n) is 2.33. The topological polar surface area (TPSA) is 80.5 Å². The van der Waals surface area contributed by atoms with Gasteiger partial charge in [-0.15, -0.1) is 0 Å². The van der Waals surface area contributed by atoms with Crippen molar-refractivity contribution >= 4 is 11.9 Å². The molecular formula is C15H16F9N7. The Morgan fingerprint density at radius 2 is 1.26 bits per heavy atom. The molecule has 2 heterocycles. The largest absolute Gasteiger partial charge is 0.435 e. The van der Waals surface area contributed by atoms with E-state index in [4.69, 9.17) is 0 Å². The molecule has 2 N–H and O–H groups in total. The van der Waals surface area contributed by atoms with Gasteiger partial charge in [-0.2, -0.15) is 59.6 Å². The SMILES string of the molecule is CCC(Nc1nc(N[C@@H](CC)C(F)(F)F)nc(-n2ccc(C(F)(F)F)n2)n1)C(F)(F)F. The van der Waals surface area contributed by atoms with Crippen molar-refractivity contribution in [3.05, 3.63) is 18.0 Å². The lowest BCUT2D eigenvalue weighted by atomic mass is 10.2. The summed E-state index contributed by atoms with van der Waals surface area (Å²) >= 11 is 0. The number of nitrogens with zero attached hydrogens (tertiary/aromatic N) is 5. The van der Waals surface area contributed by atoms with Gasteiger partial charge in [0.15, 0.2) is 5.69 Å². The fraction of sp³-hybridized carbons (Fsp3) is 0.600. The van der Waals surface area contributed by atoms with Gasteiger partial charge in [0.05, 0.1) is 0 Å².